The average molecular weight is 414 g/mol. The van der Waals surface area contributed by atoms with Crippen molar-refractivity contribution >= 4 is 16.0 Å². The Hall–Kier alpha value is -2.60. The Morgan fingerprint density at radius 3 is 2.55 bits per heavy atom. The van der Waals surface area contributed by atoms with E-state index in [1.54, 1.807) is 24.4 Å². The molecule has 0 bridgehead atoms. The maximum Gasteiger partial charge on any atom is 0.337 e. The van der Waals surface area contributed by atoms with Crippen molar-refractivity contribution in [2.24, 2.45) is 5.92 Å². The molecule has 0 saturated heterocycles. The molecule has 154 valence electrons. The monoisotopic (exact) mass is 413 g/mol. The minimum Gasteiger partial charge on any atom is -0.465 e. The zero-order valence-electron chi connectivity index (χ0n) is 17.1. The summed E-state index contributed by atoms with van der Waals surface area (Å²) in [6.45, 7) is 4.45. The van der Waals surface area contributed by atoms with E-state index in [-0.39, 0.29) is 11.9 Å². The summed E-state index contributed by atoms with van der Waals surface area (Å²) in [6, 6.07) is 14.4. The third-order valence-electron chi connectivity index (χ3n) is 5.40. The number of nitrogens with zero attached hydrogens (tertiary/aromatic N) is 1. The second-order valence-corrected chi connectivity index (χ2v) is 9.26. The van der Waals surface area contributed by atoms with E-state index in [1.807, 2.05) is 37.3 Å². The van der Waals surface area contributed by atoms with Gasteiger partial charge in [-0.05, 0) is 61.6 Å². The molecule has 1 heterocycles. The molecule has 3 rings (SSSR count). The van der Waals surface area contributed by atoms with E-state index in [4.69, 9.17) is 4.74 Å². The molecule has 0 aromatic heterocycles. The van der Waals surface area contributed by atoms with Crippen LogP contribution in [0.1, 0.15) is 41.3 Å². The van der Waals surface area contributed by atoms with Gasteiger partial charge in [0.1, 0.15) is 0 Å². The molecule has 1 unspecified atom stereocenters. The number of ether oxygens (including phenoxy) is 1. The quantitative estimate of drug-likeness (QED) is 0.634. The number of rotatable bonds is 7. The van der Waals surface area contributed by atoms with Crippen LogP contribution in [-0.2, 0) is 21.2 Å². The zero-order chi connectivity index (χ0) is 21.0. The fraction of sp³-hybridized carbons (Fsp3) is 0.348. The lowest BCUT2D eigenvalue weighted by Crippen LogP contribution is -2.26. The van der Waals surface area contributed by atoms with Gasteiger partial charge in [-0.15, -0.1) is 0 Å². The molecule has 1 atom stereocenters. The number of sulfonamides is 1. The third-order valence-corrected chi connectivity index (χ3v) is 7.14. The van der Waals surface area contributed by atoms with Gasteiger partial charge in [-0.2, -0.15) is 0 Å². The van der Waals surface area contributed by atoms with Crippen LogP contribution < -0.4 is 0 Å². The Kier molecular flexibility index (Phi) is 6.42. The SMILES string of the molecule is CCC1=CN(S(=O)(=O)c2ccc(C)cc2)CC1CCc1cccc(C(=O)OC)c1. The van der Waals surface area contributed by atoms with Crippen LogP contribution in [0.5, 0.6) is 0 Å². The van der Waals surface area contributed by atoms with Crippen LogP contribution in [0.3, 0.4) is 0 Å². The van der Waals surface area contributed by atoms with Gasteiger partial charge in [-0.1, -0.05) is 36.8 Å². The van der Waals surface area contributed by atoms with E-state index in [2.05, 4.69) is 6.92 Å². The first kappa shape index (κ1) is 21.1. The van der Waals surface area contributed by atoms with Crippen molar-refractivity contribution in [2.75, 3.05) is 13.7 Å². The maximum absolute atomic E-state index is 13.0. The second-order valence-electron chi connectivity index (χ2n) is 7.37. The normalized spacial score (nSPS) is 16.6. The molecule has 2 aromatic rings. The highest BCUT2D eigenvalue weighted by Crippen LogP contribution is 2.32. The summed E-state index contributed by atoms with van der Waals surface area (Å²) < 4.78 is 32.3. The number of carbonyl (C=O) groups is 1. The van der Waals surface area contributed by atoms with Crippen LogP contribution in [0.4, 0.5) is 0 Å². The van der Waals surface area contributed by atoms with Gasteiger partial charge in [-0.3, -0.25) is 4.31 Å². The van der Waals surface area contributed by atoms with Crippen LogP contribution in [0.25, 0.3) is 0 Å². The summed E-state index contributed by atoms with van der Waals surface area (Å²) in [5, 5.41) is 0. The van der Waals surface area contributed by atoms with Crippen molar-refractivity contribution in [1.29, 1.82) is 0 Å². The molecule has 0 radical (unpaired) electrons. The van der Waals surface area contributed by atoms with E-state index in [0.29, 0.717) is 17.0 Å². The predicted molar refractivity (Wildman–Crippen MR) is 113 cm³/mol. The number of carbonyl (C=O) groups excluding carboxylic acids is 1. The van der Waals surface area contributed by atoms with Crippen molar-refractivity contribution in [2.45, 2.75) is 38.0 Å². The molecule has 0 N–H and O–H groups in total. The molecular formula is C23H27NO4S. The first-order valence-electron chi connectivity index (χ1n) is 9.81. The summed E-state index contributed by atoms with van der Waals surface area (Å²) >= 11 is 0. The number of hydrogen-bond donors (Lipinski definition) is 0. The van der Waals surface area contributed by atoms with E-state index >= 15 is 0 Å². The molecule has 1 aliphatic rings. The lowest BCUT2D eigenvalue weighted by molar-refractivity contribution is 0.0600. The molecule has 0 saturated carbocycles. The summed E-state index contributed by atoms with van der Waals surface area (Å²) in [7, 11) is -2.17. The van der Waals surface area contributed by atoms with Gasteiger partial charge in [0.15, 0.2) is 0 Å². The zero-order valence-corrected chi connectivity index (χ0v) is 17.9. The lowest BCUT2D eigenvalue weighted by Gasteiger charge is -2.19. The minimum absolute atomic E-state index is 0.169. The molecular weight excluding hydrogens is 386 g/mol. The van der Waals surface area contributed by atoms with E-state index < -0.39 is 10.0 Å². The molecule has 0 aliphatic carbocycles. The fourth-order valence-corrected chi connectivity index (χ4v) is 5.06. The van der Waals surface area contributed by atoms with Crippen molar-refractivity contribution in [3.05, 3.63) is 77.0 Å². The highest BCUT2D eigenvalue weighted by Gasteiger charge is 2.31. The molecule has 0 amide bonds. The number of methoxy groups -OCH3 is 1. The number of aryl methyl sites for hydroxylation is 2. The third kappa shape index (κ3) is 4.70. The van der Waals surface area contributed by atoms with Crippen LogP contribution in [0.15, 0.2) is 65.2 Å². The Bertz CT molecular complexity index is 1010. The molecule has 6 heteroatoms. The van der Waals surface area contributed by atoms with Crippen LogP contribution in [-0.4, -0.2) is 32.3 Å². The largest absolute Gasteiger partial charge is 0.465 e. The summed E-state index contributed by atoms with van der Waals surface area (Å²) in [5.74, 6) is -0.181. The van der Waals surface area contributed by atoms with Gasteiger partial charge in [0.25, 0.3) is 10.0 Å². The second kappa shape index (κ2) is 8.82. The van der Waals surface area contributed by atoms with E-state index in [1.165, 1.54) is 11.4 Å². The molecule has 0 spiro atoms. The standard InChI is InChI=1S/C23H27NO4S/c1-4-19-15-24(29(26,27)22-12-8-17(2)9-13-22)16-21(19)11-10-18-6-5-7-20(14-18)23(25)28-3/h5-9,12-15,21H,4,10-11,16H2,1-3H3. The van der Waals surface area contributed by atoms with Gasteiger partial charge < -0.3 is 4.74 Å². The fourth-order valence-electron chi connectivity index (χ4n) is 3.66. The van der Waals surface area contributed by atoms with Gasteiger partial charge in [0.2, 0.25) is 0 Å². The van der Waals surface area contributed by atoms with Crippen LogP contribution in [0.2, 0.25) is 0 Å². The Morgan fingerprint density at radius 2 is 1.90 bits per heavy atom. The van der Waals surface area contributed by atoms with Gasteiger partial charge in [0.05, 0.1) is 17.6 Å². The van der Waals surface area contributed by atoms with Crippen LogP contribution >= 0.6 is 0 Å². The van der Waals surface area contributed by atoms with E-state index in [9.17, 15) is 13.2 Å². The summed E-state index contributed by atoms with van der Waals surface area (Å²) in [5.41, 5.74) is 3.75. The average Bonchev–Trinajstić information content (AvgIpc) is 3.16. The smallest absolute Gasteiger partial charge is 0.337 e. The molecule has 5 nitrogen and oxygen atoms in total. The summed E-state index contributed by atoms with van der Waals surface area (Å²) in [4.78, 5) is 12.0. The molecule has 2 aromatic carbocycles. The minimum atomic E-state index is -3.54. The molecule has 0 fully saturated rings. The Balaban J connectivity index is 1.72. The number of benzene rings is 2. The highest BCUT2D eigenvalue weighted by molar-refractivity contribution is 7.89. The number of hydrogen-bond acceptors (Lipinski definition) is 4. The lowest BCUT2D eigenvalue weighted by atomic mass is 9.93. The van der Waals surface area contributed by atoms with Gasteiger partial charge in [-0.25, -0.2) is 13.2 Å². The predicted octanol–water partition coefficient (Wildman–Crippen LogP) is 4.33. The highest BCUT2D eigenvalue weighted by atomic mass is 32.2. The van der Waals surface area contributed by atoms with Crippen LogP contribution in [0, 0.1) is 12.8 Å². The summed E-state index contributed by atoms with van der Waals surface area (Å²) in [6.07, 6.45) is 4.20. The van der Waals surface area contributed by atoms with Crippen molar-refractivity contribution in [1.82, 2.24) is 4.31 Å². The Labute approximate surface area is 173 Å². The first-order valence-corrected chi connectivity index (χ1v) is 11.3. The van der Waals surface area contributed by atoms with Crippen molar-refractivity contribution in [3.63, 3.8) is 0 Å². The van der Waals surface area contributed by atoms with Crippen molar-refractivity contribution < 1.29 is 17.9 Å². The molecule has 1 aliphatic heterocycles. The van der Waals surface area contributed by atoms with E-state index in [0.717, 1.165) is 36.0 Å². The van der Waals surface area contributed by atoms with Crippen molar-refractivity contribution in [3.8, 4) is 0 Å². The number of esters is 1. The first-order chi connectivity index (χ1) is 13.8. The van der Waals surface area contributed by atoms with Gasteiger partial charge >= 0.3 is 5.97 Å². The van der Waals surface area contributed by atoms with Gasteiger partial charge in [0, 0.05) is 18.7 Å². The topological polar surface area (TPSA) is 63.7 Å². The molecule has 29 heavy (non-hydrogen) atoms. The maximum atomic E-state index is 13.0. The Morgan fingerprint density at radius 1 is 1.17 bits per heavy atom.